The number of aromatic amines is 1. The van der Waals surface area contributed by atoms with E-state index in [1.165, 1.54) is 0 Å². The number of pyridine rings is 1. The summed E-state index contributed by atoms with van der Waals surface area (Å²) in [7, 11) is 0. The summed E-state index contributed by atoms with van der Waals surface area (Å²) in [6, 6.07) is 11.8. The van der Waals surface area contributed by atoms with Gasteiger partial charge in [0.05, 0.1) is 11.9 Å². The van der Waals surface area contributed by atoms with E-state index < -0.39 is 0 Å². The number of H-pyrrole nitrogens is 1. The minimum Gasteiger partial charge on any atom is -0.355 e. The Hall–Kier alpha value is -2.52. The van der Waals surface area contributed by atoms with Gasteiger partial charge in [0.1, 0.15) is 5.65 Å². The number of fused-ring (bicyclic) bond motifs is 2. The number of halogens is 1. The summed E-state index contributed by atoms with van der Waals surface area (Å²) in [5.41, 5.74) is 2.94. The molecule has 0 bridgehead atoms. The Bertz CT molecular complexity index is 1070. The van der Waals surface area contributed by atoms with E-state index in [9.17, 15) is 0 Å². The molecule has 1 N–H and O–H groups in total. The summed E-state index contributed by atoms with van der Waals surface area (Å²) in [5, 5.41) is 3.76. The minimum absolute atomic E-state index is 0.713. The zero-order valence-electron chi connectivity index (χ0n) is 11.2. The Kier molecular flexibility index (Phi) is 2.62. The van der Waals surface area contributed by atoms with Crippen LogP contribution in [0.4, 0.5) is 0 Å². The number of rotatable bonds is 1. The van der Waals surface area contributed by atoms with Gasteiger partial charge in [-0.05, 0) is 30.3 Å². The molecule has 0 atom stereocenters. The topological polar surface area (TPSA) is 33.1 Å². The number of hydrogen-bond acceptors (Lipinski definition) is 1. The third-order valence-corrected chi connectivity index (χ3v) is 3.86. The lowest BCUT2D eigenvalue weighted by molar-refractivity contribution is 1.17. The summed E-state index contributed by atoms with van der Waals surface area (Å²) < 4.78 is 2.05. The average molecular weight is 294 g/mol. The van der Waals surface area contributed by atoms with Crippen LogP contribution in [0.25, 0.3) is 29.2 Å². The number of nitrogens with one attached hydrogen (secondary N) is 1. The quantitative estimate of drug-likeness (QED) is 0.575. The molecule has 0 spiro atoms. The van der Waals surface area contributed by atoms with Gasteiger partial charge in [-0.2, -0.15) is 0 Å². The van der Waals surface area contributed by atoms with Crippen LogP contribution < -0.4 is 10.6 Å². The van der Waals surface area contributed by atoms with Gasteiger partial charge in [0.25, 0.3) is 0 Å². The molecule has 0 aliphatic heterocycles. The van der Waals surface area contributed by atoms with E-state index in [1.807, 2.05) is 53.2 Å². The van der Waals surface area contributed by atoms with Gasteiger partial charge < -0.3 is 9.38 Å². The summed E-state index contributed by atoms with van der Waals surface area (Å²) in [5.74, 6) is 0. The summed E-state index contributed by atoms with van der Waals surface area (Å²) in [6.45, 7) is 4.09. The van der Waals surface area contributed by atoms with Crippen molar-refractivity contribution in [3.05, 3.63) is 70.1 Å². The molecule has 21 heavy (non-hydrogen) atoms. The first kappa shape index (κ1) is 12.2. The molecule has 0 aliphatic carbocycles. The standard InChI is InChI=1S/C17H12ClN3/c1-11-15(14-6-5-12(18)8-16(14)20-11)9-13-10-19-17-4-2-3-7-21(13)17/h2-10,20H,1H2/b15-9-. The maximum absolute atomic E-state index is 6.04. The highest BCUT2D eigenvalue weighted by Crippen LogP contribution is 2.14. The molecule has 0 saturated carbocycles. The lowest BCUT2D eigenvalue weighted by Crippen LogP contribution is -2.20. The van der Waals surface area contributed by atoms with Gasteiger partial charge >= 0.3 is 0 Å². The molecule has 1 aromatic carbocycles. The normalized spacial score (nSPS) is 12.5. The maximum atomic E-state index is 6.04. The molecule has 0 aliphatic rings. The van der Waals surface area contributed by atoms with Crippen molar-refractivity contribution in [1.82, 2.24) is 14.4 Å². The van der Waals surface area contributed by atoms with E-state index in [2.05, 4.69) is 22.6 Å². The van der Waals surface area contributed by atoms with E-state index in [1.54, 1.807) is 0 Å². The molecule has 0 fully saturated rings. The van der Waals surface area contributed by atoms with Crippen LogP contribution in [0, 0.1) is 0 Å². The third-order valence-electron chi connectivity index (χ3n) is 3.62. The molecule has 3 nitrogen and oxygen atoms in total. The first-order valence-electron chi connectivity index (χ1n) is 6.62. The molecule has 4 heteroatoms. The van der Waals surface area contributed by atoms with E-state index in [-0.39, 0.29) is 0 Å². The highest BCUT2D eigenvalue weighted by Gasteiger charge is 2.03. The highest BCUT2D eigenvalue weighted by molar-refractivity contribution is 6.31. The average Bonchev–Trinajstić information content (AvgIpc) is 3.01. The fourth-order valence-electron chi connectivity index (χ4n) is 2.62. The number of imidazole rings is 1. The summed E-state index contributed by atoms with van der Waals surface area (Å²) >= 11 is 6.04. The molecular formula is C17H12ClN3. The van der Waals surface area contributed by atoms with Crippen molar-refractivity contribution >= 4 is 40.8 Å². The molecule has 0 radical (unpaired) electrons. The molecule has 0 unspecified atom stereocenters. The van der Waals surface area contributed by atoms with Gasteiger partial charge in [0, 0.05) is 32.7 Å². The van der Waals surface area contributed by atoms with Crippen LogP contribution in [0.15, 0.2) is 48.8 Å². The second kappa shape index (κ2) is 4.50. The van der Waals surface area contributed by atoms with E-state index >= 15 is 0 Å². The van der Waals surface area contributed by atoms with Crippen molar-refractivity contribution in [3.8, 4) is 0 Å². The lowest BCUT2D eigenvalue weighted by Gasteiger charge is -1.95. The highest BCUT2D eigenvalue weighted by atomic mass is 35.5. The van der Waals surface area contributed by atoms with Crippen LogP contribution >= 0.6 is 11.6 Å². The molecule has 4 aromatic rings. The fraction of sp³-hybridized carbons (Fsp3) is 0. The van der Waals surface area contributed by atoms with E-state index in [4.69, 9.17) is 11.6 Å². The zero-order valence-corrected chi connectivity index (χ0v) is 11.9. The molecule has 102 valence electrons. The van der Waals surface area contributed by atoms with Crippen molar-refractivity contribution in [3.63, 3.8) is 0 Å². The molecule has 3 aromatic heterocycles. The van der Waals surface area contributed by atoms with Crippen LogP contribution in [0.1, 0.15) is 5.69 Å². The molecule has 4 rings (SSSR count). The zero-order chi connectivity index (χ0) is 14.4. The summed E-state index contributed by atoms with van der Waals surface area (Å²) in [6.07, 6.45) is 5.96. The van der Waals surface area contributed by atoms with E-state index in [0.29, 0.717) is 5.02 Å². The van der Waals surface area contributed by atoms with Gasteiger partial charge in [0.15, 0.2) is 0 Å². The monoisotopic (exact) mass is 293 g/mol. The minimum atomic E-state index is 0.713. The summed E-state index contributed by atoms with van der Waals surface area (Å²) in [4.78, 5) is 7.67. The second-order valence-electron chi connectivity index (χ2n) is 4.96. The van der Waals surface area contributed by atoms with Crippen LogP contribution in [0.5, 0.6) is 0 Å². The lowest BCUT2D eigenvalue weighted by atomic mass is 10.2. The molecule has 0 amide bonds. The Balaban J connectivity index is 2.06. The van der Waals surface area contributed by atoms with E-state index in [0.717, 1.165) is 32.8 Å². The van der Waals surface area contributed by atoms with Gasteiger partial charge in [-0.25, -0.2) is 4.98 Å². The number of aromatic nitrogens is 3. The van der Waals surface area contributed by atoms with Gasteiger partial charge in [-0.3, -0.25) is 0 Å². The first-order chi connectivity index (χ1) is 10.2. The number of benzene rings is 1. The first-order valence-corrected chi connectivity index (χ1v) is 7.00. The Morgan fingerprint density at radius 3 is 3.05 bits per heavy atom. The molecular weight excluding hydrogens is 282 g/mol. The van der Waals surface area contributed by atoms with Crippen molar-refractivity contribution < 1.29 is 0 Å². The SMILES string of the molecule is C=c1[nH]c2cc(Cl)ccc2/c1=C\c1cnc2ccccn12. The maximum Gasteiger partial charge on any atom is 0.137 e. The van der Waals surface area contributed by atoms with Crippen molar-refractivity contribution in [2.75, 3.05) is 0 Å². The van der Waals surface area contributed by atoms with Crippen LogP contribution in [-0.2, 0) is 0 Å². The van der Waals surface area contributed by atoms with Crippen molar-refractivity contribution in [2.24, 2.45) is 0 Å². The Morgan fingerprint density at radius 2 is 2.14 bits per heavy atom. The Labute approximate surface area is 125 Å². The smallest absolute Gasteiger partial charge is 0.137 e. The number of nitrogens with zero attached hydrogens (tertiary/aromatic N) is 2. The number of hydrogen-bond donors (Lipinski definition) is 1. The predicted octanol–water partition coefficient (Wildman–Crippen LogP) is 2.71. The van der Waals surface area contributed by atoms with Gasteiger partial charge in [-0.1, -0.05) is 30.3 Å². The second-order valence-corrected chi connectivity index (χ2v) is 5.40. The van der Waals surface area contributed by atoms with Gasteiger partial charge in [-0.15, -0.1) is 0 Å². The van der Waals surface area contributed by atoms with Crippen LogP contribution in [-0.4, -0.2) is 14.4 Å². The van der Waals surface area contributed by atoms with Crippen LogP contribution in [0.2, 0.25) is 5.02 Å². The molecule has 3 heterocycles. The largest absolute Gasteiger partial charge is 0.355 e. The van der Waals surface area contributed by atoms with Crippen molar-refractivity contribution in [2.45, 2.75) is 0 Å². The van der Waals surface area contributed by atoms with Gasteiger partial charge in [0.2, 0.25) is 0 Å². The van der Waals surface area contributed by atoms with Crippen molar-refractivity contribution in [1.29, 1.82) is 0 Å². The Morgan fingerprint density at radius 1 is 1.24 bits per heavy atom. The molecule has 0 saturated heterocycles. The van der Waals surface area contributed by atoms with Crippen LogP contribution in [0.3, 0.4) is 0 Å². The predicted molar refractivity (Wildman–Crippen MR) is 86.8 cm³/mol. The fourth-order valence-corrected chi connectivity index (χ4v) is 2.79. The third kappa shape index (κ3) is 1.94.